The lowest BCUT2D eigenvalue weighted by atomic mass is 9.96. The molecular weight excluding hydrogens is 484 g/mol. The molecule has 0 bridgehead atoms. The summed E-state index contributed by atoms with van der Waals surface area (Å²) < 4.78 is 1.60. The van der Waals surface area contributed by atoms with E-state index >= 15 is 0 Å². The Bertz CT molecular complexity index is 1450. The number of pyridine rings is 1. The topological polar surface area (TPSA) is 66.4 Å². The van der Waals surface area contributed by atoms with Gasteiger partial charge in [0, 0.05) is 40.9 Å². The molecular formula is C30H33ClN4O2. The van der Waals surface area contributed by atoms with Gasteiger partial charge >= 0.3 is 6.03 Å². The van der Waals surface area contributed by atoms with E-state index in [2.05, 4.69) is 35.4 Å². The number of likely N-dealkylation sites (N-methyl/N-ethyl adjacent to an activating group) is 1. The molecule has 0 atom stereocenters. The predicted molar refractivity (Wildman–Crippen MR) is 153 cm³/mol. The molecule has 0 radical (unpaired) electrons. The molecule has 0 spiro atoms. The van der Waals surface area contributed by atoms with E-state index in [1.165, 1.54) is 5.56 Å². The summed E-state index contributed by atoms with van der Waals surface area (Å²) in [6, 6.07) is 22.7. The van der Waals surface area contributed by atoms with E-state index in [0.29, 0.717) is 16.1 Å². The Morgan fingerprint density at radius 1 is 0.946 bits per heavy atom. The van der Waals surface area contributed by atoms with Gasteiger partial charge in [-0.2, -0.15) is 0 Å². The number of benzene rings is 3. The second kappa shape index (κ2) is 12.1. The van der Waals surface area contributed by atoms with E-state index in [0.717, 1.165) is 48.3 Å². The molecule has 0 aliphatic heterocycles. The van der Waals surface area contributed by atoms with Gasteiger partial charge in [0.1, 0.15) is 0 Å². The zero-order valence-corrected chi connectivity index (χ0v) is 22.3. The molecule has 1 aromatic heterocycles. The van der Waals surface area contributed by atoms with Crippen molar-refractivity contribution in [3.63, 3.8) is 0 Å². The van der Waals surface area contributed by atoms with Crippen LogP contribution in [0.3, 0.4) is 0 Å². The van der Waals surface area contributed by atoms with Crippen LogP contribution < -0.4 is 16.2 Å². The van der Waals surface area contributed by atoms with Crippen LogP contribution in [0.1, 0.15) is 25.1 Å². The molecule has 192 valence electrons. The van der Waals surface area contributed by atoms with Gasteiger partial charge in [-0.1, -0.05) is 67.9 Å². The first-order valence-corrected chi connectivity index (χ1v) is 13.0. The number of hydrogen-bond acceptors (Lipinski definition) is 3. The van der Waals surface area contributed by atoms with Crippen LogP contribution in [0.5, 0.6) is 0 Å². The van der Waals surface area contributed by atoms with Crippen LogP contribution in [-0.2, 0) is 20.0 Å². The van der Waals surface area contributed by atoms with Crippen LogP contribution in [-0.4, -0.2) is 35.1 Å². The van der Waals surface area contributed by atoms with Crippen LogP contribution in [0, 0.1) is 0 Å². The number of hydrogen-bond donors (Lipinski definition) is 2. The third kappa shape index (κ3) is 6.21. The van der Waals surface area contributed by atoms with Crippen LogP contribution in [0.2, 0.25) is 5.02 Å². The van der Waals surface area contributed by atoms with Crippen LogP contribution in [0.4, 0.5) is 10.5 Å². The van der Waals surface area contributed by atoms with Crippen molar-refractivity contribution < 1.29 is 4.79 Å². The molecule has 0 aliphatic rings. The quantitative estimate of drug-likeness (QED) is 0.284. The Kier molecular flexibility index (Phi) is 8.64. The maximum atomic E-state index is 13.2. The maximum Gasteiger partial charge on any atom is 0.319 e. The van der Waals surface area contributed by atoms with Crippen LogP contribution >= 0.6 is 11.6 Å². The summed E-state index contributed by atoms with van der Waals surface area (Å²) in [5, 5.41) is 7.78. The first-order valence-electron chi connectivity index (χ1n) is 12.6. The SMILES string of the molecule is CCN(CC)CCc1cccc(NC(=O)NCc2c(-c3ccccc3)c3cc(Cl)ccc3c(=O)n2C)c1. The molecule has 3 aromatic carbocycles. The van der Waals surface area contributed by atoms with Crippen molar-refractivity contribution in [2.45, 2.75) is 26.8 Å². The number of nitrogens with one attached hydrogen (secondary N) is 2. The van der Waals surface area contributed by atoms with Gasteiger partial charge in [0.25, 0.3) is 5.56 Å². The van der Waals surface area contributed by atoms with E-state index in [1.54, 1.807) is 23.7 Å². The van der Waals surface area contributed by atoms with Gasteiger partial charge in [0.05, 0.1) is 6.54 Å². The first-order chi connectivity index (χ1) is 17.9. The summed E-state index contributed by atoms with van der Waals surface area (Å²) in [4.78, 5) is 28.4. The van der Waals surface area contributed by atoms with Crippen molar-refractivity contribution >= 4 is 34.1 Å². The number of rotatable bonds is 9. The molecule has 0 saturated heterocycles. The Hall–Kier alpha value is -3.61. The van der Waals surface area contributed by atoms with Crippen molar-refractivity contribution in [2.24, 2.45) is 7.05 Å². The van der Waals surface area contributed by atoms with Gasteiger partial charge in [-0.25, -0.2) is 4.79 Å². The fraction of sp³-hybridized carbons (Fsp3) is 0.267. The molecule has 0 unspecified atom stereocenters. The highest BCUT2D eigenvalue weighted by Gasteiger charge is 2.17. The van der Waals surface area contributed by atoms with E-state index in [-0.39, 0.29) is 18.1 Å². The van der Waals surface area contributed by atoms with E-state index in [9.17, 15) is 9.59 Å². The van der Waals surface area contributed by atoms with Gasteiger partial charge in [-0.3, -0.25) is 4.79 Å². The van der Waals surface area contributed by atoms with Gasteiger partial charge < -0.3 is 20.1 Å². The molecule has 4 rings (SSSR count). The Labute approximate surface area is 222 Å². The van der Waals surface area contributed by atoms with Crippen molar-refractivity contribution in [3.05, 3.63) is 99.4 Å². The summed E-state index contributed by atoms with van der Waals surface area (Å²) in [6.07, 6.45) is 0.918. The minimum absolute atomic E-state index is 0.135. The molecule has 37 heavy (non-hydrogen) atoms. The first kappa shape index (κ1) is 26.5. The van der Waals surface area contributed by atoms with Gasteiger partial charge in [0.2, 0.25) is 0 Å². The van der Waals surface area contributed by atoms with Gasteiger partial charge in [-0.15, -0.1) is 0 Å². The monoisotopic (exact) mass is 516 g/mol. The number of aromatic nitrogens is 1. The highest BCUT2D eigenvalue weighted by molar-refractivity contribution is 6.31. The fourth-order valence-electron chi connectivity index (χ4n) is 4.64. The molecule has 2 amide bonds. The van der Waals surface area contributed by atoms with Gasteiger partial charge in [-0.05, 0) is 66.4 Å². The fourth-order valence-corrected chi connectivity index (χ4v) is 4.81. The summed E-state index contributed by atoms with van der Waals surface area (Å²) in [6.45, 7) is 7.51. The van der Waals surface area contributed by atoms with E-state index in [4.69, 9.17) is 11.6 Å². The third-order valence-electron chi connectivity index (χ3n) is 6.75. The summed E-state index contributed by atoms with van der Waals surface area (Å²) in [7, 11) is 1.73. The Morgan fingerprint density at radius 2 is 1.70 bits per heavy atom. The Balaban J connectivity index is 1.57. The highest BCUT2D eigenvalue weighted by Crippen LogP contribution is 2.32. The third-order valence-corrected chi connectivity index (χ3v) is 6.99. The average Bonchev–Trinajstić information content (AvgIpc) is 2.91. The number of nitrogens with zero attached hydrogens (tertiary/aromatic N) is 2. The number of halogens is 1. The molecule has 0 saturated carbocycles. The minimum atomic E-state index is -0.335. The molecule has 6 nitrogen and oxygen atoms in total. The molecule has 4 aromatic rings. The maximum absolute atomic E-state index is 13.2. The summed E-state index contributed by atoms with van der Waals surface area (Å²) in [5.74, 6) is 0. The lowest BCUT2D eigenvalue weighted by Crippen LogP contribution is -2.32. The highest BCUT2D eigenvalue weighted by atomic mass is 35.5. The smallest absolute Gasteiger partial charge is 0.319 e. The molecule has 1 heterocycles. The minimum Gasteiger partial charge on any atom is -0.332 e. The number of fused-ring (bicyclic) bond motifs is 1. The molecule has 2 N–H and O–H groups in total. The van der Waals surface area contributed by atoms with Crippen molar-refractivity contribution in [3.8, 4) is 11.1 Å². The van der Waals surface area contributed by atoms with Crippen LogP contribution in [0.15, 0.2) is 77.6 Å². The number of amides is 2. The zero-order chi connectivity index (χ0) is 26.4. The predicted octanol–water partition coefficient (Wildman–Crippen LogP) is 6.06. The number of carbonyl (C=O) groups is 1. The van der Waals surface area contributed by atoms with E-state index in [1.807, 2.05) is 54.6 Å². The Morgan fingerprint density at radius 3 is 2.43 bits per heavy atom. The lowest BCUT2D eigenvalue weighted by molar-refractivity contribution is 0.251. The van der Waals surface area contributed by atoms with Crippen molar-refractivity contribution in [1.82, 2.24) is 14.8 Å². The number of urea groups is 1. The normalized spacial score (nSPS) is 11.2. The molecule has 0 aliphatic carbocycles. The lowest BCUT2D eigenvalue weighted by Gasteiger charge is -2.19. The van der Waals surface area contributed by atoms with Crippen molar-refractivity contribution in [2.75, 3.05) is 25.0 Å². The number of anilines is 1. The van der Waals surface area contributed by atoms with E-state index < -0.39 is 0 Å². The largest absolute Gasteiger partial charge is 0.332 e. The zero-order valence-electron chi connectivity index (χ0n) is 21.6. The average molecular weight is 517 g/mol. The summed E-state index contributed by atoms with van der Waals surface area (Å²) >= 11 is 6.32. The standard InChI is InChI=1S/C30H33ClN4O2/c1-4-35(5-2)17-16-21-10-9-13-24(18-21)33-30(37)32-20-27-28(22-11-7-6-8-12-22)26-19-23(31)14-15-25(26)29(36)34(27)3/h6-15,18-19H,4-5,16-17,20H2,1-3H3,(H2,32,33,37). The van der Waals surface area contributed by atoms with Crippen molar-refractivity contribution in [1.29, 1.82) is 0 Å². The number of carbonyl (C=O) groups excluding carboxylic acids is 1. The molecule has 0 fully saturated rings. The molecule has 7 heteroatoms. The second-order valence-corrected chi connectivity index (χ2v) is 9.46. The second-order valence-electron chi connectivity index (χ2n) is 9.03. The van der Waals surface area contributed by atoms with Crippen LogP contribution in [0.25, 0.3) is 21.9 Å². The summed E-state index contributed by atoms with van der Waals surface area (Å²) in [5.41, 5.74) is 4.29. The van der Waals surface area contributed by atoms with Gasteiger partial charge in [0.15, 0.2) is 0 Å².